The fraction of sp³-hybridized carbons (Fsp3) is 0.292. The highest BCUT2D eigenvalue weighted by Gasteiger charge is 2.24. The predicted molar refractivity (Wildman–Crippen MR) is 121 cm³/mol. The van der Waals surface area contributed by atoms with Gasteiger partial charge in [0.1, 0.15) is 34.5 Å². The Balaban J connectivity index is 2.34. The minimum Gasteiger partial charge on any atom is -0.497 e. The number of hydrogen-bond acceptors (Lipinski definition) is 4. The molecule has 0 aliphatic heterocycles. The van der Waals surface area contributed by atoms with Gasteiger partial charge in [-0.05, 0) is 32.9 Å². The summed E-state index contributed by atoms with van der Waals surface area (Å²) in [7, 11) is 4.35. The van der Waals surface area contributed by atoms with Crippen LogP contribution in [0.2, 0.25) is 5.02 Å². The van der Waals surface area contributed by atoms with Crippen molar-refractivity contribution in [2.45, 2.75) is 26.4 Å². The second-order valence-corrected chi connectivity index (χ2v) is 8.54. The number of pyridine rings is 1. The molecule has 0 atom stereocenters. The molecule has 0 unspecified atom stereocenters. The maximum atomic E-state index is 15.3. The van der Waals surface area contributed by atoms with E-state index in [1.807, 2.05) is 0 Å². The number of halogens is 3. The van der Waals surface area contributed by atoms with E-state index < -0.39 is 22.8 Å². The van der Waals surface area contributed by atoms with Crippen molar-refractivity contribution in [1.82, 2.24) is 4.57 Å². The SMILES string of the molecule is COc1cc(OC)c(Cl)c(-c2ccc(=O)n(C)c2-c2c(F)cc(OC(C)(C)C)cc2F)c1. The van der Waals surface area contributed by atoms with Gasteiger partial charge in [-0.2, -0.15) is 0 Å². The maximum Gasteiger partial charge on any atom is 0.250 e. The zero-order valence-corrected chi connectivity index (χ0v) is 19.4. The van der Waals surface area contributed by atoms with Gasteiger partial charge in [-0.25, -0.2) is 8.78 Å². The maximum absolute atomic E-state index is 15.3. The molecule has 0 N–H and O–H groups in total. The largest absolute Gasteiger partial charge is 0.497 e. The van der Waals surface area contributed by atoms with Crippen molar-refractivity contribution >= 4 is 11.6 Å². The van der Waals surface area contributed by atoms with Gasteiger partial charge in [0, 0.05) is 42.4 Å². The van der Waals surface area contributed by atoms with Crippen LogP contribution in [0.1, 0.15) is 20.8 Å². The highest BCUT2D eigenvalue weighted by molar-refractivity contribution is 6.35. The van der Waals surface area contributed by atoms with E-state index in [9.17, 15) is 4.79 Å². The van der Waals surface area contributed by atoms with Gasteiger partial charge < -0.3 is 18.8 Å². The fourth-order valence-corrected chi connectivity index (χ4v) is 3.67. The van der Waals surface area contributed by atoms with E-state index in [2.05, 4.69) is 0 Å². The third kappa shape index (κ3) is 4.58. The van der Waals surface area contributed by atoms with Gasteiger partial charge in [0.25, 0.3) is 5.56 Å². The number of nitrogens with zero attached hydrogens (tertiary/aromatic N) is 1. The molecular weight excluding hydrogens is 440 g/mol. The lowest BCUT2D eigenvalue weighted by molar-refractivity contribution is 0.130. The minimum absolute atomic E-state index is 0.0204. The van der Waals surface area contributed by atoms with E-state index in [0.29, 0.717) is 22.6 Å². The van der Waals surface area contributed by atoms with Gasteiger partial charge in [-0.3, -0.25) is 4.79 Å². The van der Waals surface area contributed by atoms with E-state index in [0.717, 1.165) is 12.1 Å². The van der Waals surface area contributed by atoms with Crippen LogP contribution in [-0.4, -0.2) is 24.4 Å². The van der Waals surface area contributed by atoms with Gasteiger partial charge in [0.05, 0.1) is 30.5 Å². The third-order valence-corrected chi connectivity index (χ3v) is 5.14. The van der Waals surface area contributed by atoms with Gasteiger partial charge >= 0.3 is 0 Å². The monoisotopic (exact) mass is 463 g/mol. The van der Waals surface area contributed by atoms with Gasteiger partial charge in [0.15, 0.2) is 0 Å². The zero-order chi connectivity index (χ0) is 23.8. The first-order chi connectivity index (χ1) is 15.0. The molecule has 0 saturated carbocycles. The zero-order valence-electron chi connectivity index (χ0n) is 18.7. The van der Waals surface area contributed by atoms with E-state index in [1.165, 1.54) is 38.0 Å². The van der Waals surface area contributed by atoms with Crippen LogP contribution in [0.15, 0.2) is 41.2 Å². The van der Waals surface area contributed by atoms with Gasteiger partial charge in [0.2, 0.25) is 0 Å². The lowest BCUT2D eigenvalue weighted by Gasteiger charge is -2.22. The molecule has 0 radical (unpaired) electrons. The summed E-state index contributed by atoms with van der Waals surface area (Å²) in [5.41, 5.74) is -0.718. The highest BCUT2D eigenvalue weighted by atomic mass is 35.5. The number of methoxy groups -OCH3 is 2. The average Bonchev–Trinajstić information content (AvgIpc) is 2.70. The smallest absolute Gasteiger partial charge is 0.250 e. The summed E-state index contributed by atoms with van der Waals surface area (Å²) in [5, 5.41) is 0.210. The van der Waals surface area contributed by atoms with Crippen LogP contribution < -0.4 is 19.8 Å². The molecule has 32 heavy (non-hydrogen) atoms. The van der Waals surface area contributed by atoms with Gasteiger partial charge in [-0.15, -0.1) is 0 Å². The van der Waals surface area contributed by atoms with E-state index in [-0.39, 0.29) is 22.0 Å². The normalized spacial score (nSPS) is 11.4. The van der Waals surface area contributed by atoms with Crippen molar-refractivity contribution in [2.24, 2.45) is 7.05 Å². The van der Waals surface area contributed by atoms with Crippen LogP contribution in [0, 0.1) is 11.6 Å². The molecule has 0 saturated heterocycles. The second-order valence-electron chi connectivity index (χ2n) is 8.16. The van der Waals surface area contributed by atoms with Crippen LogP contribution in [0.25, 0.3) is 22.4 Å². The molecule has 3 rings (SSSR count). The van der Waals surface area contributed by atoms with Crippen molar-refractivity contribution in [3.8, 4) is 39.6 Å². The number of ether oxygens (including phenoxy) is 3. The van der Waals surface area contributed by atoms with Crippen molar-refractivity contribution < 1.29 is 23.0 Å². The Labute approximate surface area is 190 Å². The molecule has 0 fully saturated rings. The molecule has 8 heteroatoms. The summed E-state index contributed by atoms with van der Waals surface area (Å²) >= 11 is 6.53. The summed E-state index contributed by atoms with van der Waals surface area (Å²) in [6.07, 6.45) is 0. The first kappa shape index (κ1) is 23.6. The first-order valence-electron chi connectivity index (χ1n) is 9.77. The minimum atomic E-state index is -0.877. The Morgan fingerprint density at radius 1 is 0.906 bits per heavy atom. The second kappa shape index (κ2) is 8.82. The fourth-order valence-electron chi connectivity index (χ4n) is 3.38. The molecule has 0 aliphatic carbocycles. The lowest BCUT2D eigenvalue weighted by atomic mass is 9.97. The van der Waals surface area contributed by atoms with Crippen LogP contribution in [0.5, 0.6) is 17.2 Å². The number of benzene rings is 2. The summed E-state index contributed by atoms with van der Waals surface area (Å²) in [5.74, 6) is -0.971. The molecule has 0 bridgehead atoms. The molecule has 3 aromatic rings. The van der Waals surface area contributed by atoms with E-state index in [4.69, 9.17) is 25.8 Å². The molecule has 170 valence electrons. The Hall–Kier alpha value is -3.06. The number of rotatable bonds is 5. The summed E-state index contributed by atoms with van der Waals surface area (Å²) in [4.78, 5) is 12.4. The summed E-state index contributed by atoms with van der Waals surface area (Å²) < 4.78 is 47.9. The summed E-state index contributed by atoms with van der Waals surface area (Å²) in [6.45, 7) is 5.32. The van der Waals surface area contributed by atoms with Crippen LogP contribution in [0.4, 0.5) is 8.78 Å². The highest BCUT2D eigenvalue weighted by Crippen LogP contribution is 2.43. The van der Waals surface area contributed by atoms with Crippen molar-refractivity contribution in [2.75, 3.05) is 14.2 Å². The predicted octanol–water partition coefficient (Wildman–Crippen LogP) is 5.85. The molecule has 1 heterocycles. The standard InChI is InChI=1S/C24H24ClF2NO4/c1-24(2,3)32-14-10-17(26)21(18(27)11-14)23-15(7-8-20(29)28(23)4)16-9-13(30-5)12-19(31-6)22(16)25/h7-12H,1-6H3. The Kier molecular flexibility index (Phi) is 6.51. The summed E-state index contributed by atoms with van der Waals surface area (Å²) in [6, 6.07) is 8.16. The van der Waals surface area contributed by atoms with Gasteiger partial charge in [-0.1, -0.05) is 11.6 Å². The first-order valence-corrected chi connectivity index (χ1v) is 10.1. The molecule has 0 spiro atoms. The topological polar surface area (TPSA) is 49.7 Å². The van der Waals surface area contributed by atoms with Crippen LogP contribution >= 0.6 is 11.6 Å². The van der Waals surface area contributed by atoms with Crippen molar-refractivity contribution in [3.63, 3.8) is 0 Å². The molecular formula is C24H24ClF2NO4. The Bertz CT molecular complexity index is 1210. The molecule has 5 nitrogen and oxygen atoms in total. The lowest BCUT2D eigenvalue weighted by Crippen LogP contribution is -2.23. The number of aromatic nitrogens is 1. The van der Waals surface area contributed by atoms with Crippen LogP contribution in [0.3, 0.4) is 0 Å². The average molecular weight is 464 g/mol. The van der Waals surface area contributed by atoms with Crippen LogP contribution in [-0.2, 0) is 7.05 Å². The third-order valence-electron chi connectivity index (χ3n) is 4.75. The number of hydrogen-bond donors (Lipinski definition) is 0. The van der Waals surface area contributed by atoms with Crippen molar-refractivity contribution in [3.05, 3.63) is 63.4 Å². The van der Waals surface area contributed by atoms with Crippen molar-refractivity contribution in [1.29, 1.82) is 0 Å². The molecule has 2 aromatic carbocycles. The van der Waals surface area contributed by atoms with E-state index >= 15 is 8.78 Å². The molecule has 0 aliphatic rings. The molecule has 0 amide bonds. The quantitative estimate of drug-likeness (QED) is 0.476. The Morgan fingerprint density at radius 2 is 1.53 bits per heavy atom. The molecule has 1 aromatic heterocycles. The Morgan fingerprint density at radius 3 is 2.06 bits per heavy atom. The van der Waals surface area contributed by atoms with E-state index in [1.54, 1.807) is 32.9 Å².